The van der Waals surface area contributed by atoms with E-state index < -0.39 is 6.11 Å². The number of hydrogen-bond donors (Lipinski definition) is 2. The summed E-state index contributed by atoms with van der Waals surface area (Å²) in [4.78, 5) is 7.83. The van der Waals surface area contributed by atoms with Gasteiger partial charge in [0.1, 0.15) is 0 Å². The molecule has 0 bridgehead atoms. The molecule has 0 fully saturated rings. The molecule has 1 aliphatic rings. The van der Waals surface area contributed by atoms with Crippen molar-refractivity contribution in [1.29, 1.82) is 0 Å². The zero-order chi connectivity index (χ0) is 12.8. The van der Waals surface area contributed by atoms with Crippen molar-refractivity contribution in [3.05, 3.63) is 29.7 Å². The molecule has 2 N–H and O–H groups in total. The van der Waals surface area contributed by atoms with Gasteiger partial charge in [-0.25, -0.2) is 0 Å². The van der Waals surface area contributed by atoms with Gasteiger partial charge in [0.25, 0.3) is 0 Å². The van der Waals surface area contributed by atoms with E-state index in [1.54, 1.807) is 12.3 Å². The third-order valence-corrected chi connectivity index (χ3v) is 3.03. The number of aromatic nitrogens is 2. The van der Waals surface area contributed by atoms with E-state index >= 15 is 0 Å². The van der Waals surface area contributed by atoms with Gasteiger partial charge in [0, 0.05) is 48.5 Å². The number of pyridine rings is 1. The molecule has 3 heterocycles. The van der Waals surface area contributed by atoms with Crippen LogP contribution in [0.2, 0.25) is 0 Å². The first-order valence-corrected chi connectivity index (χ1v) is 5.86. The largest absolute Gasteiger partial charge is 0.454 e. The third-order valence-electron chi connectivity index (χ3n) is 3.03. The van der Waals surface area contributed by atoms with Gasteiger partial charge in [-0.05, 0) is 0 Å². The molecule has 0 aromatic carbocycles. The summed E-state index contributed by atoms with van der Waals surface area (Å²) in [6, 6.07) is 1.75. The first-order chi connectivity index (χ1) is 8.53. The average Bonchev–Trinajstić information content (AvgIpc) is 2.65. The van der Waals surface area contributed by atoms with Gasteiger partial charge < -0.3 is 10.3 Å². The predicted molar refractivity (Wildman–Crippen MR) is 61.1 cm³/mol. The van der Waals surface area contributed by atoms with E-state index in [-0.39, 0.29) is 0 Å². The third kappa shape index (κ3) is 2.03. The lowest BCUT2D eigenvalue weighted by molar-refractivity contribution is -0.919. The molecule has 96 valence electrons. The van der Waals surface area contributed by atoms with Crippen LogP contribution >= 0.6 is 0 Å². The van der Waals surface area contributed by atoms with Crippen LogP contribution in [0.25, 0.3) is 10.9 Å². The number of rotatable bonds is 2. The number of H-pyrrole nitrogens is 1. The number of alkyl halides is 2. The molecule has 1 aliphatic heterocycles. The molecule has 6 heteroatoms. The van der Waals surface area contributed by atoms with E-state index in [9.17, 15) is 8.78 Å². The van der Waals surface area contributed by atoms with Gasteiger partial charge in [-0.15, -0.1) is 0 Å². The molecule has 0 aliphatic carbocycles. The summed E-state index contributed by atoms with van der Waals surface area (Å²) in [5, 5.41) is 4.19. The highest BCUT2D eigenvalue weighted by molar-refractivity contribution is 5.83. The van der Waals surface area contributed by atoms with E-state index in [0.717, 1.165) is 47.6 Å². The van der Waals surface area contributed by atoms with Crippen molar-refractivity contribution in [3.8, 4) is 0 Å². The van der Waals surface area contributed by atoms with Crippen LogP contribution in [0, 0.1) is 0 Å². The number of hydrogen-bond acceptors (Lipinski definition) is 2. The summed E-state index contributed by atoms with van der Waals surface area (Å²) in [5.74, 6) is 0. The van der Waals surface area contributed by atoms with Crippen molar-refractivity contribution in [2.45, 2.75) is 26.0 Å². The SMILES string of the molecule is CC(F)(F)O[n+]1ccc2[nH]c3c(c2c1)CNCC3. The summed E-state index contributed by atoms with van der Waals surface area (Å²) in [7, 11) is 0. The number of fused-ring (bicyclic) bond motifs is 3. The molecule has 4 nitrogen and oxygen atoms in total. The molecule has 0 saturated heterocycles. The molecule has 0 unspecified atom stereocenters. The number of halogens is 2. The van der Waals surface area contributed by atoms with Gasteiger partial charge in [0.15, 0.2) is 0 Å². The molecular formula is C12H14F2N3O+. The Morgan fingerprint density at radius 2 is 2.28 bits per heavy atom. The van der Waals surface area contributed by atoms with Crippen molar-refractivity contribution in [2.75, 3.05) is 6.54 Å². The minimum atomic E-state index is -3.19. The quantitative estimate of drug-likeness (QED) is 0.789. The number of aromatic amines is 1. The number of nitrogens with one attached hydrogen (secondary N) is 2. The molecule has 0 saturated carbocycles. The van der Waals surface area contributed by atoms with Gasteiger partial charge in [-0.2, -0.15) is 13.6 Å². The van der Waals surface area contributed by atoms with Crippen LogP contribution in [0.15, 0.2) is 18.5 Å². The second-order valence-corrected chi connectivity index (χ2v) is 4.54. The molecule has 0 atom stereocenters. The zero-order valence-corrected chi connectivity index (χ0v) is 9.96. The van der Waals surface area contributed by atoms with Gasteiger partial charge in [-0.1, -0.05) is 0 Å². The summed E-state index contributed by atoms with van der Waals surface area (Å²) < 4.78 is 26.7. The Kier molecular flexibility index (Phi) is 2.48. The average molecular weight is 254 g/mol. The van der Waals surface area contributed by atoms with Crippen LogP contribution in [0.4, 0.5) is 8.78 Å². The fourth-order valence-corrected chi connectivity index (χ4v) is 2.31. The van der Waals surface area contributed by atoms with Crippen molar-refractivity contribution < 1.29 is 18.3 Å². The zero-order valence-electron chi connectivity index (χ0n) is 9.96. The van der Waals surface area contributed by atoms with Crippen LogP contribution < -0.4 is 14.9 Å². The summed E-state index contributed by atoms with van der Waals surface area (Å²) in [6.45, 7) is 2.41. The molecule has 0 radical (unpaired) electrons. The van der Waals surface area contributed by atoms with E-state index in [4.69, 9.17) is 0 Å². The van der Waals surface area contributed by atoms with Crippen molar-refractivity contribution in [2.24, 2.45) is 0 Å². The second-order valence-electron chi connectivity index (χ2n) is 4.54. The van der Waals surface area contributed by atoms with Crippen LogP contribution in [0.5, 0.6) is 0 Å². The molecule has 18 heavy (non-hydrogen) atoms. The Morgan fingerprint density at radius 3 is 3.06 bits per heavy atom. The van der Waals surface area contributed by atoms with E-state index in [2.05, 4.69) is 15.1 Å². The molecule has 2 aromatic rings. The first kappa shape index (κ1) is 11.4. The van der Waals surface area contributed by atoms with Crippen molar-refractivity contribution in [3.63, 3.8) is 0 Å². The monoisotopic (exact) mass is 254 g/mol. The lowest BCUT2D eigenvalue weighted by Crippen LogP contribution is -2.49. The van der Waals surface area contributed by atoms with Crippen LogP contribution in [0.1, 0.15) is 18.2 Å². The Morgan fingerprint density at radius 1 is 1.44 bits per heavy atom. The first-order valence-electron chi connectivity index (χ1n) is 5.86. The fourth-order valence-electron chi connectivity index (χ4n) is 2.31. The van der Waals surface area contributed by atoms with Gasteiger partial charge in [0.2, 0.25) is 12.4 Å². The molecule has 2 aromatic heterocycles. The van der Waals surface area contributed by atoms with E-state index in [1.807, 2.05) is 0 Å². The Balaban J connectivity index is 2.05. The normalized spacial score (nSPS) is 15.7. The Bertz CT molecular complexity index is 589. The molecule has 0 amide bonds. The minimum Gasteiger partial charge on any atom is -0.358 e. The highest BCUT2D eigenvalue weighted by Gasteiger charge is 2.30. The van der Waals surface area contributed by atoms with Crippen molar-refractivity contribution in [1.82, 2.24) is 10.3 Å². The maximum Gasteiger partial charge on any atom is 0.454 e. The van der Waals surface area contributed by atoms with Gasteiger partial charge >= 0.3 is 6.11 Å². The maximum atomic E-state index is 12.8. The topological polar surface area (TPSA) is 40.9 Å². The summed E-state index contributed by atoms with van der Waals surface area (Å²) in [5.41, 5.74) is 3.25. The lowest BCUT2D eigenvalue weighted by atomic mass is 10.1. The Hall–Kier alpha value is -1.69. The van der Waals surface area contributed by atoms with E-state index in [0.29, 0.717) is 0 Å². The standard InChI is InChI=1S/C12H13F2N3O/c1-12(13,14)18-17-5-3-11-9(7-17)8-6-15-4-2-10(8)16-11/h3,5,7,15H,2,4,6H2,1H3/p+1. The van der Waals surface area contributed by atoms with Crippen LogP contribution in [0.3, 0.4) is 0 Å². The van der Waals surface area contributed by atoms with Crippen molar-refractivity contribution >= 4 is 10.9 Å². The highest BCUT2D eigenvalue weighted by atomic mass is 19.3. The van der Waals surface area contributed by atoms with Gasteiger partial charge in [-0.3, -0.25) is 0 Å². The molecule has 0 spiro atoms. The minimum absolute atomic E-state index is 0.721. The van der Waals surface area contributed by atoms with Crippen LogP contribution in [-0.4, -0.2) is 17.6 Å². The van der Waals surface area contributed by atoms with Crippen LogP contribution in [-0.2, 0) is 13.0 Å². The van der Waals surface area contributed by atoms with Gasteiger partial charge in [0.05, 0.1) is 10.9 Å². The molecular weight excluding hydrogens is 240 g/mol. The highest BCUT2D eigenvalue weighted by Crippen LogP contribution is 2.23. The summed E-state index contributed by atoms with van der Waals surface area (Å²) >= 11 is 0. The fraction of sp³-hybridized carbons (Fsp3) is 0.417. The second kappa shape index (κ2) is 3.91. The van der Waals surface area contributed by atoms with E-state index in [1.165, 1.54) is 11.9 Å². The predicted octanol–water partition coefficient (Wildman–Crippen LogP) is 1.14. The molecule has 3 rings (SSSR count). The lowest BCUT2D eigenvalue weighted by Gasteiger charge is -2.11. The summed E-state index contributed by atoms with van der Waals surface area (Å²) in [6.07, 6.45) is 0.811. The smallest absolute Gasteiger partial charge is 0.358 e. The maximum absolute atomic E-state index is 12.8. The number of nitrogens with zero attached hydrogens (tertiary/aromatic N) is 1. The Labute approximate surface area is 103 Å².